The fourth-order valence-electron chi connectivity index (χ4n) is 2.93. The minimum absolute atomic E-state index is 0.315. The number of hydrogen-bond donors (Lipinski definition) is 1. The first kappa shape index (κ1) is 22.5. The van der Waals surface area contributed by atoms with Gasteiger partial charge in [0.05, 0.1) is 18.8 Å². The number of carbonyl (C=O) groups is 1. The van der Waals surface area contributed by atoms with Crippen molar-refractivity contribution in [3.05, 3.63) is 88.4 Å². The number of halogens is 1. The molecule has 0 bridgehead atoms. The summed E-state index contributed by atoms with van der Waals surface area (Å²) >= 11 is 5.93. The molecule has 0 spiro atoms. The number of esters is 1. The minimum Gasteiger partial charge on any atom is -0.490 e. The van der Waals surface area contributed by atoms with Crippen molar-refractivity contribution in [1.29, 1.82) is 0 Å². The van der Waals surface area contributed by atoms with E-state index in [-0.39, 0.29) is 5.97 Å². The zero-order valence-corrected chi connectivity index (χ0v) is 18.4. The molecule has 3 rings (SSSR count). The Morgan fingerprint density at radius 1 is 0.839 bits per heavy atom. The Kier molecular flexibility index (Phi) is 8.19. The van der Waals surface area contributed by atoms with Crippen LogP contribution in [0.2, 0.25) is 5.02 Å². The molecule has 1 N–H and O–H groups in total. The highest BCUT2D eigenvalue weighted by atomic mass is 35.5. The second-order valence-electron chi connectivity index (χ2n) is 6.78. The van der Waals surface area contributed by atoms with E-state index in [4.69, 9.17) is 25.8 Å². The summed E-state index contributed by atoms with van der Waals surface area (Å²) < 4.78 is 16.7. The Balaban J connectivity index is 1.62. The number of benzene rings is 3. The van der Waals surface area contributed by atoms with Crippen LogP contribution in [0.15, 0.2) is 66.7 Å². The smallest absolute Gasteiger partial charge is 0.338 e. The zero-order valence-electron chi connectivity index (χ0n) is 17.7. The van der Waals surface area contributed by atoms with E-state index in [9.17, 15) is 4.79 Å². The molecule has 31 heavy (non-hydrogen) atoms. The van der Waals surface area contributed by atoms with Gasteiger partial charge in [0, 0.05) is 17.3 Å². The van der Waals surface area contributed by atoms with Crippen molar-refractivity contribution in [3.63, 3.8) is 0 Å². The highest BCUT2D eigenvalue weighted by Crippen LogP contribution is 2.30. The maximum atomic E-state index is 11.8. The number of anilines is 1. The molecule has 0 saturated carbocycles. The molecule has 6 heteroatoms. The van der Waals surface area contributed by atoms with Crippen molar-refractivity contribution >= 4 is 23.3 Å². The molecule has 0 aliphatic carbocycles. The summed E-state index contributed by atoms with van der Waals surface area (Å²) in [7, 11) is 0. The maximum absolute atomic E-state index is 11.8. The summed E-state index contributed by atoms with van der Waals surface area (Å²) in [6.07, 6.45) is 0. The van der Waals surface area contributed by atoms with Gasteiger partial charge in [-0.05, 0) is 73.5 Å². The lowest BCUT2D eigenvalue weighted by molar-refractivity contribution is 0.0526. The fourth-order valence-corrected chi connectivity index (χ4v) is 3.06. The van der Waals surface area contributed by atoms with Crippen LogP contribution in [0.1, 0.15) is 35.3 Å². The fraction of sp³-hybridized carbons (Fsp3) is 0.240. The van der Waals surface area contributed by atoms with Crippen LogP contribution >= 0.6 is 11.6 Å². The van der Waals surface area contributed by atoms with Gasteiger partial charge in [0.1, 0.15) is 6.61 Å². The zero-order chi connectivity index (χ0) is 22.1. The highest BCUT2D eigenvalue weighted by Gasteiger charge is 2.09. The third kappa shape index (κ3) is 6.66. The van der Waals surface area contributed by atoms with Gasteiger partial charge in [-0.3, -0.25) is 0 Å². The summed E-state index contributed by atoms with van der Waals surface area (Å²) in [4.78, 5) is 11.8. The largest absolute Gasteiger partial charge is 0.490 e. The van der Waals surface area contributed by atoms with Crippen molar-refractivity contribution < 1.29 is 19.0 Å². The van der Waals surface area contributed by atoms with E-state index < -0.39 is 0 Å². The number of ether oxygens (including phenoxy) is 3. The Bertz CT molecular complexity index is 987. The van der Waals surface area contributed by atoms with Gasteiger partial charge in [-0.25, -0.2) is 4.79 Å². The Morgan fingerprint density at radius 2 is 1.55 bits per heavy atom. The van der Waals surface area contributed by atoms with E-state index in [0.29, 0.717) is 48.5 Å². The third-order valence-corrected chi connectivity index (χ3v) is 4.76. The van der Waals surface area contributed by atoms with Crippen LogP contribution in [-0.4, -0.2) is 19.2 Å². The summed E-state index contributed by atoms with van der Waals surface area (Å²) in [6.45, 7) is 5.68. The van der Waals surface area contributed by atoms with E-state index in [1.807, 2.05) is 61.5 Å². The average molecular weight is 440 g/mol. The molecule has 0 aliphatic heterocycles. The number of rotatable bonds is 10. The monoisotopic (exact) mass is 439 g/mol. The molecule has 0 atom stereocenters. The van der Waals surface area contributed by atoms with Gasteiger partial charge >= 0.3 is 5.97 Å². The maximum Gasteiger partial charge on any atom is 0.338 e. The molecule has 3 aromatic carbocycles. The first-order valence-corrected chi connectivity index (χ1v) is 10.6. The Morgan fingerprint density at radius 3 is 2.23 bits per heavy atom. The van der Waals surface area contributed by atoms with Crippen LogP contribution in [-0.2, 0) is 17.9 Å². The molecule has 0 amide bonds. The molecule has 0 heterocycles. The van der Waals surface area contributed by atoms with E-state index in [2.05, 4.69) is 5.32 Å². The molecule has 0 aromatic heterocycles. The molecule has 5 nitrogen and oxygen atoms in total. The van der Waals surface area contributed by atoms with Crippen molar-refractivity contribution in [1.82, 2.24) is 0 Å². The molecular weight excluding hydrogens is 414 g/mol. The van der Waals surface area contributed by atoms with Crippen molar-refractivity contribution in [2.24, 2.45) is 0 Å². The van der Waals surface area contributed by atoms with Gasteiger partial charge in [-0.2, -0.15) is 0 Å². The topological polar surface area (TPSA) is 56.8 Å². The molecule has 0 radical (unpaired) electrons. The molecular formula is C25H26ClNO4. The average Bonchev–Trinajstić information content (AvgIpc) is 2.79. The van der Waals surface area contributed by atoms with Crippen molar-refractivity contribution in [2.45, 2.75) is 27.0 Å². The summed E-state index contributed by atoms with van der Waals surface area (Å²) in [5.74, 6) is 1.08. The predicted molar refractivity (Wildman–Crippen MR) is 123 cm³/mol. The van der Waals surface area contributed by atoms with Gasteiger partial charge in [0.2, 0.25) is 0 Å². The first-order valence-electron chi connectivity index (χ1n) is 10.2. The number of hydrogen-bond acceptors (Lipinski definition) is 5. The van der Waals surface area contributed by atoms with E-state index >= 15 is 0 Å². The summed E-state index contributed by atoms with van der Waals surface area (Å²) in [6, 6.07) is 20.7. The van der Waals surface area contributed by atoms with Gasteiger partial charge in [-0.1, -0.05) is 29.8 Å². The van der Waals surface area contributed by atoms with Crippen LogP contribution in [0.3, 0.4) is 0 Å². The van der Waals surface area contributed by atoms with Crippen LogP contribution < -0.4 is 14.8 Å². The van der Waals surface area contributed by atoms with Gasteiger partial charge in [0.15, 0.2) is 11.5 Å². The lowest BCUT2D eigenvalue weighted by Crippen LogP contribution is -2.05. The van der Waals surface area contributed by atoms with Crippen LogP contribution in [0, 0.1) is 0 Å². The van der Waals surface area contributed by atoms with Crippen LogP contribution in [0.4, 0.5) is 5.69 Å². The van der Waals surface area contributed by atoms with E-state index in [1.54, 1.807) is 19.1 Å². The molecule has 0 saturated heterocycles. The molecule has 0 fully saturated rings. The minimum atomic E-state index is -0.315. The summed E-state index contributed by atoms with van der Waals surface area (Å²) in [5, 5.41) is 4.05. The van der Waals surface area contributed by atoms with Gasteiger partial charge in [-0.15, -0.1) is 0 Å². The van der Waals surface area contributed by atoms with Crippen LogP contribution in [0.25, 0.3) is 0 Å². The number of nitrogens with one attached hydrogen (secondary N) is 1. The molecule has 3 aromatic rings. The normalized spacial score (nSPS) is 10.4. The Labute approximate surface area is 187 Å². The Hall–Kier alpha value is -3.18. The molecule has 0 aliphatic rings. The van der Waals surface area contributed by atoms with Crippen molar-refractivity contribution in [2.75, 3.05) is 18.5 Å². The van der Waals surface area contributed by atoms with E-state index in [1.165, 1.54) is 0 Å². The predicted octanol–water partition coefficient (Wildman–Crippen LogP) is 6.11. The second kappa shape index (κ2) is 11.3. The molecule has 162 valence electrons. The summed E-state index contributed by atoms with van der Waals surface area (Å²) in [5.41, 5.74) is 3.53. The quantitative estimate of drug-likeness (QED) is 0.386. The lowest BCUT2D eigenvalue weighted by atomic mass is 10.1. The lowest BCUT2D eigenvalue weighted by Gasteiger charge is -2.14. The van der Waals surface area contributed by atoms with Gasteiger partial charge in [0.25, 0.3) is 0 Å². The highest BCUT2D eigenvalue weighted by molar-refractivity contribution is 6.30. The van der Waals surface area contributed by atoms with Gasteiger partial charge < -0.3 is 19.5 Å². The van der Waals surface area contributed by atoms with Crippen LogP contribution in [0.5, 0.6) is 11.5 Å². The van der Waals surface area contributed by atoms with E-state index in [0.717, 1.165) is 16.8 Å². The number of carbonyl (C=O) groups excluding carboxylic acids is 1. The molecule has 0 unspecified atom stereocenters. The van der Waals surface area contributed by atoms with Crippen molar-refractivity contribution in [3.8, 4) is 11.5 Å². The first-order chi connectivity index (χ1) is 15.1. The standard InChI is InChI=1S/C25H26ClNO4/c1-3-29-24-15-19(7-14-23(24)31-17-18-5-10-21(26)11-6-18)16-27-22-12-8-20(9-13-22)25(28)30-4-2/h5-15,27H,3-4,16-17H2,1-2H3. The second-order valence-corrected chi connectivity index (χ2v) is 7.22. The third-order valence-electron chi connectivity index (χ3n) is 4.51. The SMILES string of the molecule is CCOC(=O)c1ccc(NCc2ccc(OCc3ccc(Cl)cc3)c(OCC)c2)cc1.